The van der Waals surface area contributed by atoms with Gasteiger partial charge >= 0.3 is 0 Å². The van der Waals surface area contributed by atoms with Crippen LogP contribution in [0, 0.1) is 0 Å². The Hall–Kier alpha value is -0.870. The van der Waals surface area contributed by atoms with Crippen LogP contribution >= 0.6 is 11.3 Å². The quantitative estimate of drug-likeness (QED) is 0.735. The van der Waals surface area contributed by atoms with E-state index in [1.54, 1.807) is 11.3 Å². The number of aliphatic hydroxyl groups is 1. The van der Waals surface area contributed by atoms with Crippen molar-refractivity contribution >= 4 is 17.2 Å². The van der Waals surface area contributed by atoms with E-state index in [2.05, 4.69) is 5.32 Å². The molecule has 0 aliphatic heterocycles. The molecule has 0 aliphatic rings. The van der Waals surface area contributed by atoms with Crippen LogP contribution in [0.4, 0.5) is 0 Å². The molecule has 1 atom stereocenters. The number of hydrogen-bond donors (Lipinski definition) is 2. The van der Waals surface area contributed by atoms with Crippen LogP contribution in [0.3, 0.4) is 0 Å². The highest BCUT2D eigenvalue weighted by Gasteiger charge is 2.10. The predicted octanol–water partition coefficient (Wildman–Crippen LogP) is 0.918. The van der Waals surface area contributed by atoms with E-state index in [4.69, 9.17) is 5.11 Å². The molecule has 0 saturated carbocycles. The van der Waals surface area contributed by atoms with Crippen LogP contribution < -0.4 is 5.32 Å². The van der Waals surface area contributed by atoms with Crippen molar-refractivity contribution in [3.63, 3.8) is 0 Å². The van der Waals surface area contributed by atoms with E-state index >= 15 is 0 Å². The average molecular weight is 185 g/mol. The average Bonchev–Trinajstić information content (AvgIpc) is 2.51. The van der Waals surface area contributed by atoms with Crippen molar-refractivity contribution in [3.05, 3.63) is 22.4 Å². The molecule has 0 spiro atoms. The molecule has 1 amide bonds. The molecule has 66 valence electrons. The molecule has 0 aromatic carbocycles. The maximum Gasteiger partial charge on any atom is 0.217 e. The topological polar surface area (TPSA) is 49.3 Å². The van der Waals surface area contributed by atoms with Crippen LogP contribution in [-0.2, 0) is 4.79 Å². The minimum atomic E-state index is -0.256. The standard InChI is InChI=1S/C8H11NO2S/c1-6(11)9-8(4-10)7-2-3-12-5-7/h2-3,5,8,10H,4H2,1H3,(H,9,11). The van der Waals surface area contributed by atoms with Crippen molar-refractivity contribution in [1.82, 2.24) is 5.32 Å². The van der Waals surface area contributed by atoms with Crippen LogP contribution in [0.25, 0.3) is 0 Å². The van der Waals surface area contributed by atoms with Gasteiger partial charge in [0.15, 0.2) is 0 Å². The van der Waals surface area contributed by atoms with Gasteiger partial charge in [0.25, 0.3) is 0 Å². The molecular weight excluding hydrogens is 174 g/mol. The SMILES string of the molecule is CC(=O)NC(CO)c1ccsc1. The number of amides is 1. The Morgan fingerprint density at radius 1 is 1.83 bits per heavy atom. The third-order valence-corrected chi connectivity index (χ3v) is 2.21. The lowest BCUT2D eigenvalue weighted by atomic mass is 10.1. The number of carbonyl (C=O) groups excluding carboxylic acids is 1. The summed E-state index contributed by atoms with van der Waals surface area (Å²) in [5.41, 5.74) is 0.956. The molecule has 1 aromatic rings. The number of thiophene rings is 1. The van der Waals surface area contributed by atoms with Gasteiger partial charge in [-0.25, -0.2) is 0 Å². The van der Waals surface area contributed by atoms with Crippen molar-refractivity contribution < 1.29 is 9.90 Å². The van der Waals surface area contributed by atoms with Gasteiger partial charge in [0.05, 0.1) is 12.6 Å². The molecule has 4 heteroatoms. The molecule has 1 heterocycles. The van der Waals surface area contributed by atoms with Gasteiger partial charge in [-0.3, -0.25) is 4.79 Å². The molecule has 12 heavy (non-hydrogen) atoms. The lowest BCUT2D eigenvalue weighted by molar-refractivity contribution is -0.120. The number of carbonyl (C=O) groups is 1. The summed E-state index contributed by atoms with van der Waals surface area (Å²) in [4.78, 5) is 10.7. The molecule has 1 aromatic heterocycles. The van der Waals surface area contributed by atoms with Crippen molar-refractivity contribution in [2.45, 2.75) is 13.0 Å². The summed E-state index contributed by atoms with van der Waals surface area (Å²) in [7, 11) is 0. The van der Waals surface area contributed by atoms with Gasteiger partial charge < -0.3 is 10.4 Å². The third kappa shape index (κ3) is 2.32. The number of hydrogen-bond acceptors (Lipinski definition) is 3. The Bertz CT molecular complexity index is 246. The zero-order valence-corrected chi connectivity index (χ0v) is 7.60. The first-order valence-electron chi connectivity index (χ1n) is 3.64. The molecule has 2 N–H and O–H groups in total. The van der Waals surface area contributed by atoms with E-state index < -0.39 is 0 Å². The number of nitrogens with one attached hydrogen (secondary N) is 1. The zero-order chi connectivity index (χ0) is 8.97. The molecule has 1 rings (SSSR count). The van der Waals surface area contributed by atoms with Gasteiger partial charge in [0, 0.05) is 6.92 Å². The van der Waals surface area contributed by atoms with E-state index in [1.165, 1.54) is 6.92 Å². The van der Waals surface area contributed by atoms with E-state index in [0.29, 0.717) is 0 Å². The number of rotatable bonds is 3. The first-order chi connectivity index (χ1) is 5.74. The summed E-state index contributed by atoms with van der Waals surface area (Å²) < 4.78 is 0. The van der Waals surface area contributed by atoms with E-state index in [9.17, 15) is 4.79 Å². The maximum absolute atomic E-state index is 10.7. The highest BCUT2D eigenvalue weighted by molar-refractivity contribution is 7.07. The second kappa shape index (κ2) is 4.23. The Balaban J connectivity index is 2.63. The summed E-state index contributed by atoms with van der Waals surface area (Å²) in [5, 5.41) is 15.4. The van der Waals surface area contributed by atoms with Gasteiger partial charge in [-0.1, -0.05) is 0 Å². The summed E-state index contributed by atoms with van der Waals surface area (Å²) in [6, 6.07) is 1.63. The number of aliphatic hydroxyl groups excluding tert-OH is 1. The molecule has 0 radical (unpaired) electrons. The molecule has 3 nitrogen and oxygen atoms in total. The maximum atomic E-state index is 10.7. The van der Waals surface area contributed by atoms with E-state index in [0.717, 1.165) is 5.56 Å². The second-order valence-electron chi connectivity index (χ2n) is 2.49. The Kier molecular flexibility index (Phi) is 3.25. The van der Waals surface area contributed by atoms with Gasteiger partial charge in [-0.15, -0.1) is 0 Å². The Labute approximate surface area is 75.0 Å². The Morgan fingerprint density at radius 3 is 3.00 bits per heavy atom. The van der Waals surface area contributed by atoms with Gasteiger partial charge in [0.1, 0.15) is 0 Å². The highest BCUT2D eigenvalue weighted by Crippen LogP contribution is 2.15. The monoisotopic (exact) mass is 185 g/mol. The van der Waals surface area contributed by atoms with Crippen LogP contribution in [0.1, 0.15) is 18.5 Å². The summed E-state index contributed by atoms with van der Waals surface area (Å²) in [5.74, 6) is -0.125. The third-order valence-electron chi connectivity index (χ3n) is 1.51. The largest absolute Gasteiger partial charge is 0.394 e. The zero-order valence-electron chi connectivity index (χ0n) is 6.78. The summed E-state index contributed by atoms with van der Waals surface area (Å²) >= 11 is 1.55. The molecule has 0 saturated heterocycles. The molecule has 0 bridgehead atoms. The van der Waals surface area contributed by atoms with Gasteiger partial charge in [0.2, 0.25) is 5.91 Å². The van der Waals surface area contributed by atoms with Crippen molar-refractivity contribution in [2.24, 2.45) is 0 Å². The lowest BCUT2D eigenvalue weighted by Gasteiger charge is -2.12. The second-order valence-corrected chi connectivity index (χ2v) is 3.27. The molecule has 1 unspecified atom stereocenters. The smallest absolute Gasteiger partial charge is 0.217 e. The minimum Gasteiger partial charge on any atom is -0.394 e. The fraction of sp³-hybridized carbons (Fsp3) is 0.375. The minimum absolute atomic E-state index is 0.0592. The van der Waals surface area contributed by atoms with Crippen LogP contribution in [-0.4, -0.2) is 17.6 Å². The molecule has 0 fully saturated rings. The summed E-state index contributed by atoms with van der Waals surface area (Å²) in [6.07, 6.45) is 0. The first kappa shape index (κ1) is 9.22. The lowest BCUT2D eigenvalue weighted by Crippen LogP contribution is -2.28. The van der Waals surface area contributed by atoms with E-state index in [1.807, 2.05) is 16.8 Å². The van der Waals surface area contributed by atoms with Crippen LogP contribution in [0.5, 0.6) is 0 Å². The van der Waals surface area contributed by atoms with E-state index in [-0.39, 0.29) is 18.6 Å². The molecular formula is C8H11NO2S. The van der Waals surface area contributed by atoms with Crippen molar-refractivity contribution in [3.8, 4) is 0 Å². The fourth-order valence-corrected chi connectivity index (χ4v) is 1.67. The summed E-state index contributed by atoms with van der Waals surface area (Å²) in [6.45, 7) is 1.38. The van der Waals surface area contributed by atoms with Crippen molar-refractivity contribution in [2.75, 3.05) is 6.61 Å². The van der Waals surface area contributed by atoms with Gasteiger partial charge in [-0.05, 0) is 22.4 Å². The molecule has 0 aliphatic carbocycles. The Morgan fingerprint density at radius 2 is 2.58 bits per heavy atom. The van der Waals surface area contributed by atoms with Crippen LogP contribution in [0.2, 0.25) is 0 Å². The van der Waals surface area contributed by atoms with Crippen LogP contribution in [0.15, 0.2) is 16.8 Å². The predicted molar refractivity (Wildman–Crippen MR) is 48.0 cm³/mol. The normalized spacial score (nSPS) is 12.5. The van der Waals surface area contributed by atoms with Crippen molar-refractivity contribution in [1.29, 1.82) is 0 Å². The first-order valence-corrected chi connectivity index (χ1v) is 4.58. The van der Waals surface area contributed by atoms with Gasteiger partial charge in [-0.2, -0.15) is 11.3 Å². The highest BCUT2D eigenvalue weighted by atomic mass is 32.1. The fourth-order valence-electron chi connectivity index (χ4n) is 0.953.